The van der Waals surface area contributed by atoms with Crippen molar-refractivity contribution in [1.29, 1.82) is 0 Å². The third-order valence-corrected chi connectivity index (χ3v) is 2.12. The number of nitrogens with two attached hydrogens (primary N) is 1. The van der Waals surface area contributed by atoms with Gasteiger partial charge in [0.15, 0.2) is 0 Å². The van der Waals surface area contributed by atoms with Crippen molar-refractivity contribution in [2.24, 2.45) is 5.73 Å². The molecule has 0 fully saturated rings. The van der Waals surface area contributed by atoms with Crippen molar-refractivity contribution >= 4 is 12.4 Å². The monoisotopic (exact) mass is 237 g/mol. The van der Waals surface area contributed by atoms with Gasteiger partial charge in [-0.25, -0.2) is 8.78 Å². The Bertz CT molecular complexity index is 333. The maximum Gasteiger partial charge on any atom is 0.132 e. The molecule has 0 aliphatic rings. The Labute approximate surface area is 93.5 Å². The summed E-state index contributed by atoms with van der Waals surface area (Å²) in [6, 6.07) is 2.06. The second-order valence-electron chi connectivity index (χ2n) is 3.29. The molecule has 1 rings (SSSR count). The van der Waals surface area contributed by atoms with Gasteiger partial charge in [0.05, 0.1) is 6.61 Å². The highest BCUT2D eigenvalue weighted by Crippen LogP contribution is 2.16. The van der Waals surface area contributed by atoms with Crippen LogP contribution in [0, 0.1) is 18.6 Å². The highest BCUT2D eigenvalue weighted by Gasteiger charge is 2.11. The maximum atomic E-state index is 13.4. The molecular weight excluding hydrogens is 224 g/mol. The molecule has 0 amide bonds. The van der Waals surface area contributed by atoms with E-state index in [1.165, 1.54) is 19.1 Å². The van der Waals surface area contributed by atoms with E-state index in [1.807, 2.05) is 0 Å². The van der Waals surface area contributed by atoms with Gasteiger partial charge in [0.1, 0.15) is 11.6 Å². The molecule has 0 aromatic heterocycles. The average Bonchev–Trinajstić information content (AvgIpc) is 2.19. The average molecular weight is 238 g/mol. The van der Waals surface area contributed by atoms with Crippen LogP contribution in [0.3, 0.4) is 0 Å². The zero-order valence-corrected chi connectivity index (χ0v) is 9.15. The van der Waals surface area contributed by atoms with Crippen molar-refractivity contribution in [2.45, 2.75) is 19.4 Å². The second-order valence-corrected chi connectivity index (χ2v) is 3.29. The molecule has 1 atom stereocenters. The predicted octanol–water partition coefficient (Wildman–Crippen LogP) is 1.56. The highest BCUT2D eigenvalue weighted by molar-refractivity contribution is 5.85. The minimum atomic E-state index is -0.575. The Morgan fingerprint density at radius 2 is 2.00 bits per heavy atom. The Morgan fingerprint density at radius 1 is 1.40 bits per heavy atom. The summed E-state index contributed by atoms with van der Waals surface area (Å²) in [5.74, 6) is -1.14. The van der Waals surface area contributed by atoms with Crippen LogP contribution >= 0.6 is 12.4 Å². The summed E-state index contributed by atoms with van der Waals surface area (Å²) >= 11 is 0. The van der Waals surface area contributed by atoms with Gasteiger partial charge in [0.25, 0.3) is 0 Å². The van der Waals surface area contributed by atoms with Gasteiger partial charge < -0.3 is 10.8 Å². The zero-order valence-electron chi connectivity index (χ0n) is 8.34. The van der Waals surface area contributed by atoms with E-state index in [1.54, 1.807) is 0 Å². The lowest BCUT2D eigenvalue weighted by Crippen LogP contribution is -2.27. The first-order valence-electron chi connectivity index (χ1n) is 4.36. The lowest BCUT2D eigenvalue weighted by Gasteiger charge is -2.10. The third-order valence-electron chi connectivity index (χ3n) is 2.12. The number of aliphatic hydroxyl groups excluding tert-OH is 1. The van der Waals surface area contributed by atoms with E-state index in [9.17, 15) is 8.78 Å². The lowest BCUT2D eigenvalue weighted by atomic mass is 10.0. The molecule has 86 valence electrons. The van der Waals surface area contributed by atoms with Crippen LogP contribution in [0.5, 0.6) is 0 Å². The molecule has 2 nitrogen and oxygen atoms in total. The Morgan fingerprint density at radius 3 is 2.53 bits per heavy atom. The first-order valence-corrected chi connectivity index (χ1v) is 4.36. The molecule has 5 heteroatoms. The third kappa shape index (κ3) is 3.41. The quantitative estimate of drug-likeness (QED) is 0.838. The van der Waals surface area contributed by atoms with Crippen molar-refractivity contribution in [3.05, 3.63) is 34.9 Å². The van der Waals surface area contributed by atoms with Gasteiger partial charge in [0.2, 0.25) is 0 Å². The number of benzene rings is 1. The molecule has 0 heterocycles. The summed E-state index contributed by atoms with van der Waals surface area (Å²) in [5.41, 5.74) is 5.78. The fraction of sp³-hybridized carbons (Fsp3) is 0.400. The summed E-state index contributed by atoms with van der Waals surface area (Å²) in [5, 5.41) is 8.69. The summed E-state index contributed by atoms with van der Waals surface area (Å²) in [4.78, 5) is 0. The molecule has 0 spiro atoms. The van der Waals surface area contributed by atoms with Crippen molar-refractivity contribution in [3.8, 4) is 0 Å². The topological polar surface area (TPSA) is 46.2 Å². The molecule has 0 aliphatic carbocycles. The molecular formula is C10H14ClF2NO. The van der Waals surface area contributed by atoms with E-state index < -0.39 is 17.7 Å². The molecule has 1 unspecified atom stereocenters. The minimum Gasteiger partial charge on any atom is -0.395 e. The van der Waals surface area contributed by atoms with Gasteiger partial charge in [-0.2, -0.15) is 0 Å². The fourth-order valence-corrected chi connectivity index (χ4v) is 1.22. The highest BCUT2D eigenvalue weighted by atomic mass is 35.5. The molecule has 1 aromatic rings. The Hall–Kier alpha value is -0.710. The molecule has 1 aromatic carbocycles. The number of hydrogen-bond acceptors (Lipinski definition) is 2. The van der Waals surface area contributed by atoms with Gasteiger partial charge in [-0.05, 0) is 25.0 Å². The van der Waals surface area contributed by atoms with Crippen molar-refractivity contribution < 1.29 is 13.9 Å². The van der Waals surface area contributed by atoms with Gasteiger partial charge in [-0.15, -0.1) is 12.4 Å². The van der Waals surface area contributed by atoms with Crippen molar-refractivity contribution in [3.63, 3.8) is 0 Å². The van der Waals surface area contributed by atoms with E-state index in [4.69, 9.17) is 10.8 Å². The van der Waals surface area contributed by atoms with Gasteiger partial charge >= 0.3 is 0 Å². The largest absolute Gasteiger partial charge is 0.395 e. The van der Waals surface area contributed by atoms with E-state index in [-0.39, 0.29) is 31.0 Å². The Balaban J connectivity index is 0.00000196. The molecule has 0 saturated heterocycles. The van der Waals surface area contributed by atoms with Crippen LogP contribution in [0.15, 0.2) is 12.1 Å². The number of halogens is 3. The normalized spacial score (nSPS) is 12.1. The first kappa shape index (κ1) is 14.3. The summed E-state index contributed by atoms with van der Waals surface area (Å²) in [6.45, 7) is 1.16. The van der Waals surface area contributed by atoms with Crippen LogP contribution in [0.2, 0.25) is 0 Å². The molecule has 0 saturated carbocycles. The van der Waals surface area contributed by atoms with Gasteiger partial charge in [-0.3, -0.25) is 0 Å². The van der Waals surface area contributed by atoms with Crippen LogP contribution in [0.25, 0.3) is 0 Å². The van der Waals surface area contributed by atoms with Crippen LogP contribution in [-0.2, 0) is 6.42 Å². The number of rotatable bonds is 3. The SMILES string of the molecule is Cc1c(F)ccc(CC(N)CO)c1F.Cl. The van der Waals surface area contributed by atoms with E-state index in [0.717, 1.165) is 0 Å². The second kappa shape index (κ2) is 6.00. The van der Waals surface area contributed by atoms with Crippen molar-refractivity contribution in [2.75, 3.05) is 6.61 Å². The molecule has 0 aliphatic heterocycles. The summed E-state index contributed by atoms with van der Waals surface area (Å²) < 4.78 is 26.2. The predicted molar refractivity (Wildman–Crippen MR) is 57.1 cm³/mol. The summed E-state index contributed by atoms with van der Waals surface area (Å²) in [7, 11) is 0. The van der Waals surface area contributed by atoms with Gasteiger partial charge in [-0.1, -0.05) is 6.07 Å². The number of aliphatic hydroxyl groups is 1. The van der Waals surface area contributed by atoms with E-state index in [2.05, 4.69) is 0 Å². The smallest absolute Gasteiger partial charge is 0.132 e. The first-order chi connectivity index (χ1) is 6.56. The minimum absolute atomic E-state index is 0. The molecule has 15 heavy (non-hydrogen) atoms. The Kier molecular flexibility index (Phi) is 5.72. The molecule has 3 N–H and O–H groups in total. The maximum absolute atomic E-state index is 13.4. The van der Waals surface area contributed by atoms with Crippen molar-refractivity contribution in [1.82, 2.24) is 0 Å². The van der Waals surface area contributed by atoms with Crippen LogP contribution in [0.4, 0.5) is 8.78 Å². The van der Waals surface area contributed by atoms with Gasteiger partial charge in [0, 0.05) is 11.6 Å². The van der Waals surface area contributed by atoms with Crippen LogP contribution in [0.1, 0.15) is 11.1 Å². The van der Waals surface area contributed by atoms with Crippen LogP contribution in [-0.4, -0.2) is 17.8 Å². The van der Waals surface area contributed by atoms with Crippen LogP contribution < -0.4 is 5.73 Å². The lowest BCUT2D eigenvalue weighted by molar-refractivity contribution is 0.264. The van der Waals surface area contributed by atoms with E-state index >= 15 is 0 Å². The standard InChI is InChI=1S/C10H13F2NO.ClH/c1-6-9(11)3-2-7(10(6)12)4-8(13)5-14;/h2-3,8,14H,4-5,13H2,1H3;1H. The fourth-order valence-electron chi connectivity index (χ4n) is 1.22. The molecule has 0 bridgehead atoms. The zero-order chi connectivity index (χ0) is 10.7. The summed E-state index contributed by atoms with van der Waals surface area (Å²) in [6.07, 6.45) is 0.212. The molecule has 0 radical (unpaired) electrons. The number of hydrogen-bond donors (Lipinski definition) is 2. The van der Waals surface area contributed by atoms with E-state index in [0.29, 0.717) is 5.56 Å².